The topological polar surface area (TPSA) is 93.5 Å². The summed E-state index contributed by atoms with van der Waals surface area (Å²) >= 11 is 0. The van der Waals surface area contributed by atoms with E-state index in [1.807, 2.05) is 12.1 Å². The molecule has 1 aromatic carbocycles. The van der Waals surface area contributed by atoms with Gasteiger partial charge in [-0.05, 0) is 49.9 Å². The van der Waals surface area contributed by atoms with Crippen molar-refractivity contribution in [3.63, 3.8) is 0 Å². The number of nitrogens with two attached hydrogens (primary N) is 1. The quantitative estimate of drug-likeness (QED) is 0.778. The minimum atomic E-state index is -0.749. The summed E-state index contributed by atoms with van der Waals surface area (Å²) in [5.41, 5.74) is 8.28. The fraction of sp³-hybridized carbons (Fsp3) is 0.467. The van der Waals surface area contributed by atoms with Crippen LogP contribution in [0.25, 0.3) is 0 Å². The number of hydrogen-bond acceptors (Lipinski definition) is 4. The lowest BCUT2D eigenvalue weighted by Gasteiger charge is -2.15. The van der Waals surface area contributed by atoms with Crippen LogP contribution in [0.15, 0.2) is 18.2 Å². The molecule has 0 radical (unpaired) electrons. The van der Waals surface area contributed by atoms with E-state index in [-0.39, 0.29) is 6.04 Å². The summed E-state index contributed by atoms with van der Waals surface area (Å²) < 4.78 is 5.58. The number of imide groups is 1. The van der Waals surface area contributed by atoms with Crippen LogP contribution in [0, 0.1) is 0 Å². The zero-order valence-corrected chi connectivity index (χ0v) is 12.3. The molecule has 2 atom stereocenters. The van der Waals surface area contributed by atoms with Crippen LogP contribution in [0.2, 0.25) is 0 Å². The van der Waals surface area contributed by atoms with Crippen LogP contribution in [0.5, 0.6) is 5.75 Å². The summed E-state index contributed by atoms with van der Waals surface area (Å²) in [6.07, 6.45) is 1.11. The lowest BCUT2D eigenvalue weighted by Crippen LogP contribution is -2.45. The van der Waals surface area contributed by atoms with Crippen molar-refractivity contribution in [2.24, 2.45) is 5.73 Å². The molecule has 0 heterocycles. The van der Waals surface area contributed by atoms with Gasteiger partial charge in [0.05, 0.1) is 0 Å². The maximum atomic E-state index is 11.8. The first-order valence-corrected chi connectivity index (χ1v) is 7.15. The van der Waals surface area contributed by atoms with Crippen LogP contribution in [0.4, 0.5) is 4.79 Å². The second-order valence-corrected chi connectivity index (χ2v) is 5.11. The van der Waals surface area contributed by atoms with Gasteiger partial charge in [-0.3, -0.25) is 10.1 Å². The third kappa shape index (κ3) is 3.72. The van der Waals surface area contributed by atoms with Crippen LogP contribution in [-0.2, 0) is 11.2 Å². The summed E-state index contributed by atoms with van der Waals surface area (Å²) in [6, 6.07) is 5.24. The maximum Gasteiger partial charge on any atom is 0.321 e. The summed E-state index contributed by atoms with van der Waals surface area (Å²) in [7, 11) is 0. The molecule has 0 saturated heterocycles. The predicted octanol–water partition coefficient (Wildman–Crippen LogP) is 1.25. The van der Waals surface area contributed by atoms with Gasteiger partial charge < -0.3 is 15.8 Å². The zero-order chi connectivity index (χ0) is 15.4. The van der Waals surface area contributed by atoms with E-state index in [0.717, 1.165) is 24.0 Å². The number of carbonyl (C=O) groups is 2. The molecule has 6 nitrogen and oxygen atoms in total. The number of fused-ring (bicyclic) bond motifs is 1. The highest BCUT2D eigenvalue weighted by molar-refractivity contribution is 5.96. The number of urea groups is 1. The number of ether oxygens (including phenoxy) is 1. The Morgan fingerprint density at radius 3 is 2.95 bits per heavy atom. The highest BCUT2D eigenvalue weighted by Gasteiger charge is 2.21. The van der Waals surface area contributed by atoms with Crippen LogP contribution in [-0.4, -0.2) is 24.6 Å². The molecule has 0 saturated carbocycles. The van der Waals surface area contributed by atoms with Gasteiger partial charge in [0.1, 0.15) is 5.75 Å². The van der Waals surface area contributed by atoms with E-state index >= 15 is 0 Å². The summed E-state index contributed by atoms with van der Waals surface area (Å²) in [6.45, 7) is 3.84. The normalized spacial score (nSPS) is 17.8. The number of carbonyl (C=O) groups excluding carboxylic acids is 2. The minimum absolute atomic E-state index is 0.0903. The van der Waals surface area contributed by atoms with Gasteiger partial charge in [-0.15, -0.1) is 0 Å². The Kier molecular flexibility index (Phi) is 4.80. The third-order valence-electron chi connectivity index (χ3n) is 3.49. The molecule has 21 heavy (non-hydrogen) atoms. The molecule has 0 bridgehead atoms. The fourth-order valence-corrected chi connectivity index (χ4v) is 2.38. The molecule has 6 heteroatoms. The monoisotopic (exact) mass is 291 g/mol. The van der Waals surface area contributed by atoms with E-state index in [9.17, 15) is 9.59 Å². The molecular formula is C15H21N3O3. The van der Waals surface area contributed by atoms with Crippen molar-refractivity contribution in [3.05, 3.63) is 29.3 Å². The Hall–Kier alpha value is -2.08. The first kappa shape index (κ1) is 15.3. The van der Waals surface area contributed by atoms with Gasteiger partial charge in [-0.1, -0.05) is 6.07 Å². The van der Waals surface area contributed by atoms with E-state index in [4.69, 9.17) is 10.5 Å². The second-order valence-electron chi connectivity index (χ2n) is 5.11. The molecule has 4 N–H and O–H groups in total. The molecule has 2 unspecified atom stereocenters. The molecule has 2 rings (SSSR count). The first-order chi connectivity index (χ1) is 10.0. The van der Waals surface area contributed by atoms with Gasteiger partial charge in [0.15, 0.2) is 6.10 Å². The van der Waals surface area contributed by atoms with Gasteiger partial charge in [0.2, 0.25) is 0 Å². The molecule has 1 aliphatic carbocycles. The third-order valence-corrected chi connectivity index (χ3v) is 3.49. The number of benzene rings is 1. The smallest absolute Gasteiger partial charge is 0.321 e. The second kappa shape index (κ2) is 6.58. The van der Waals surface area contributed by atoms with E-state index in [1.54, 1.807) is 19.9 Å². The van der Waals surface area contributed by atoms with Crippen molar-refractivity contribution in [2.75, 3.05) is 6.54 Å². The Morgan fingerprint density at radius 2 is 2.24 bits per heavy atom. The molecule has 0 spiro atoms. The maximum absolute atomic E-state index is 11.8. The molecule has 0 fully saturated rings. The average molecular weight is 291 g/mol. The number of hydrogen-bond donors (Lipinski definition) is 3. The predicted molar refractivity (Wildman–Crippen MR) is 79.0 cm³/mol. The van der Waals surface area contributed by atoms with Gasteiger partial charge in [-0.25, -0.2) is 4.79 Å². The molecule has 114 valence electrons. The Bertz CT molecular complexity index is 545. The van der Waals surface area contributed by atoms with Crippen LogP contribution < -0.4 is 21.1 Å². The fourth-order valence-electron chi connectivity index (χ4n) is 2.38. The number of nitrogens with one attached hydrogen (secondary N) is 2. The molecule has 1 aliphatic rings. The Balaban J connectivity index is 1.95. The van der Waals surface area contributed by atoms with Gasteiger partial charge in [-0.2, -0.15) is 0 Å². The van der Waals surface area contributed by atoms with E-state index in [1.165, 1.54) is 0 Å². The van der Waals surface area contributed by atoms with Gasteiger partial charge in [0.25, 0.3) is 5.91 Å². The van der Waals surface area contributed by atoms with Crippen molar-refractivity contribution >= 4 is 11.9 Å². The molecular weight excluding hydrogens is 270 g/mol. The molecule has 1 aromatic rings. The number of rotatable bonds is 4. The van der Waals surface area contributed by atoms with Gasteiger partial charge in [0, 0.05) is 12.6 Å². The molecule has 0 aromatic heterocycles. The zero-order valence-electron chi connectivity index (χ0n) is 12.3. The SMILES string of the molecule is CCNC(=O)NC(=O)C(C)Oc1ccc2c(c1)CCC2N. The molecule has 0 aliphatic heterocycles. The van der Waals surface area contributed by atoms with Crippen molar-refractivity contribution in [2.45, 2.75) is 38.8 Å². The van der Waals surface area contributed by atoms with Crippen LogP contribution in [0.3, 0.4) is 0 Å². The van der Waals surface area contributed by atoms with E-state index < -0.39 is 18.0 Å². The Labute approximate surface area is 124 Å². The lowest BCUT2D eigenvalue weighted by atomic mass is 10.1. The summed E-state index contributed by atoms with van der Waals surface area (Å²) in [4.78, 5) is 23.1. The van der Waals surface area contributed by atoms with E-state index in [0.29, 0.717) is 12.3 Å². The number of aryl methyl sites for hydroxylation is 1. The summed E-state index contributed by atoms with van der Waals surface area (Å²) in [5, 5.41) is 4.72. The van der Waals surface area contributed by atoms with Crippen molar-refractivity contribution in [1.29, 1.82) is 0 Å². The largest absolute Gasteiger partial charge is 0.481 e. The van der Waals surface area contributed by atoms with Crippen molar-refractivity contribution in [3.8, 4) is 5.75 Å². The van der Waals surface area contributed by atoms with Crippen LogP contribution in [0.1, 0.15) is 37.4 Å². The lowest BCUT2D eigenvalue weighted by molar-refractivity contribution is -0.126. The number of amides is 3. The minimum Gasteiger partial charge on any atom is -0.481 e. The van der Waals surface area contributed by atoms with E-state index in [2.05, 4.69) is 10.6 Å². The standard InChI is InChI=1S/C15H21N3O3/c1-3-17-15(20)18-14(19)9(2)21-11-5-6-12-10(8-11)4-7-13(12)16/h5-6,8-9,13H,3-4,7,16H2,1-2H3,(H2,17,18,19,20). The first-order valence-electron chi connectivity index (χ1n) is 7.15. The average Bonchev–Trinajstić information content (AvgIpc) is 2.80. The Morgan fingerprint density at radius 1 is 1.48 bits per heavy atom. The van der Waals surface area contributed by atoms with Crippen LogP contribution >= 0.6 is 0 Å². The van der Waals surface area contributed by atoms with Crippen molar-refractivity contribution < 1.29 is 14.3 Å². The molecule has 3 amide bonds. The van der Waals surface area contributed by atoms with Gasteiger partial charge >= 0.3 is 6.03 Å². The summed E-state index contributed by atoms with van der Waals surface area (Å²) in [5.74, 6) is 0.138. The highest BCUT2D eigenvalue weighted by atomic mass is 16.5. The van der Waals surface area contributed by atoms with Crippen molar-refractivity contribution in [1.82, 2.24) is 10.6 Å². The highest BCUT2D eigenvalue weighted by Crippen LogP contribution is 2.32.